The molecule has 2 N–H and O–H groups in total. The smallest absolute Gasteiger partial charge is 0.418 e. The van der Waals surface area contributed by atoms with Gasteiger partial charge >= 0.3 is 12.1 Å². The third-order valence-electron chi connectivity index (χ3n) is 5.37. The maximum Gasteiger partial charge on any atom is 0.418 e. The van der Waals surface area contributed by atoms with Crippen LogP contribution in [0.15, 0.2) is 57.5 Å². The van der Waals surface area contributed by atoms with Crippen molar-refractivity contribution in [3.8, 4) is 11.8 Å². The number of benzene rings is 2. The number of para-hydroxylation sites is 1. The quantitative estimate of drug-likeness (QED) is 0.354. The van der Waals surface area contributed by atoms with Gasteiger partial charge < -0.3 is 20.1 Å². The van der Waals surface area contributed by atoms with Crippen molar-refractivity contribution in [2.75, 3.05) is 25.3 Å². The topological polar surface area (TPSA) is 118 Å². The van der Waals surface area contributed by atoms with Crippen molar-refractivity contribution >= 4 is 51.2 Å². The van der Waals surface area contributed by atoms with E-state index in [2.05, 4.69) is 26.6 Å². The van der Waals surface area contributed by atoms with Crippen molar-refractivity contribution in [3.63, 3.8) is 0 Å². The molecule has 0 saturated heterocycles. The molecule has 0 bridgehead atoms. The van der Waals surface area contributed by atoms with Crippen LogP contribution >= 0.6 is 27.7 Å². The second kappa shape index (κ2) is 11.7. The zero-order valence-electron chi connectivity index (χ0n) is 19.3. The van der Waals surface area contributed by atoms with Crippen molar-refractivity contribution in [2.24, 2.45) is 5.92 Å². The van der Waals surface area contributed by atoms with Gasteiger partial charge in [0.2, 0.25) is 11.8 Å². The largest absolute Gasteiger partial charge is 0.496 e. The van der Waals surface area contributed by atoms with Crippen molar-refractivity contribution in [2.45, 2.75) is 12.1 Å². The Bertz CT molecular complexity index is 1310. The molecule has 1 aliphatic rings. The first-order valence-corrected chi connectivity index (χ1v) is 12.2. The molecule has 8 nitrogen and oxygen atoms in total. The number of halogens is 4. The average Bonchev–Trinajstić information content (AvgIpc) is 2.86. The number of carbonyl (C=O) groups excluding carboxylic acids is 3. The number of carbonyl (C=O) groups is 3. The van der Waals surface area contributed by atoms with E-state index in [1.54, 1.807) is 18.2 Å². The number of methoxy groups -OCH3 is 2. The summed E-state index contributed by atoms with van der Waals surface area (Å²) in [6.07, 6.45) is -4.67. The normalized spacial score (nSPS) is 17.5. The van der Waals surface area contributed by atoms with E-state index in [0.29, 0.717) is 15.8 Å². The number of anilines is 1. The number of rotatable bonds is 7. The van der Waals surface area contributed by atoms with Crippen LogP contribution in [0.1, 0.15) is 17.0 Å². The molecular formula is C24H19BrF3N3O5S. The van der Waals surface area contributed by atoms with Crippen LogP contribution in [0.5, 0.6) is 5.75 Å². The minimum absolute atomic E-state index is 0.00356. The Morgan fingerprint density at radius 2 is 1.92 bits per heavy atom. The molecule has 0 fully saturated rings. The third-order valence-corrected chi connectivity index (χ3v) is 7.01. The zero-order chi connectivity index (χ0) is 27.3. The Labute approximate surface area is 222 Å². The summed E-state index contributed by atoms with van der Waals surface area (Å²) in [6.45, 7) is 0. The summed E-state index contributed by atoms with van der Waals surface area (Å²) >= 11 is 4.09. The van der Waals surface area contributed by atoms with Gasteiger partial charge in [-0.05, 0) is 45.8 Å². The van der Waals surface area contributed by atoms with Gasteiger partial charge in [-0.25, -0.2) is 0 Å². The lowest BCUT2D eigenvalue weighted by atomic mass is 9.78. The minimum Gasteiger partial charge on any atom is -0.496 e. The Kier molecular flexibility index (Phi) is 8.88. The lowest BCUT2D eigenvalue weighted by molar-refractivity contribution is -0.150. The van der Waals surface area contributed by atoms with Crippen LogP contribution in [0.25, 0.3) is 0 Å². The maximum absolute atomic E-state index is 13.2. The fourth-order valence-electron chi connectivity index (χ4n) is 3.72. The molecule has 0 saturated carbocycles. The summed E-state index contributed by atoms with van der Waals surface area (Å²) in [5.74, 6) is -4.80. The fraction of sp³-hybridized carbons (Fsp3) is 0.250. The van der Waals surface area contributed by atoms with E-state index in [0.717, 1.165) is 31.0 Å². The molecule has 13 heteroatoms. The monoisotopic (exact) mass is 597 g/mol. The number of hydrogen-bond donors (Lipinski definition) is 2. The molecule has 0 unspecified atom stereocenters. The number of hydrogen-bond acceptors (Lipinski definition) is 7. The molecule has 2 aromatic rings. The molecule has 2 amide bonds. The van der Waals surface area contributed by atoms with Crippen LogP contribution in [0.3, 0.4) is 0 Å². The summed E-state index contributed by atoms with van der Waals surface area (Å²) in [5.41, 5.74) is -1.02. The van der Waals surface area contributed by atoms with Gasteiger partial charge in [-0.1, -0.05) is 30.0 Å². The number of nitrogens with zero attached hydrogens (tertiary/aromatic N) is 1. The highest BCUT2D eigenvalue weighted by molar-refractivity contribution is 9.10. The first kappa shape index (κ1) is 28.1. The first-order valence-electron chi connectivity index (χ1n) is 10.5. The molecule has 0 aromatic heterocycles. The van der Waals surface area contributed by atoms with Crippen molar-refractivity contribution in [3.05, 3.63) is 68.7 Å². The van der Waals surface area contributed by atoms with Gasteiger partial charge in [-0.2, -0.15) is 18.4 Å². The average molecular weight is 598 g/mol. The summed E-state index contributed by atoms with van der Waals surface area (Å²) in [4.78, 5) is 37.9. The highest BCUT2D eigenvalue weighted by atomic mass is 79.9. The predicted molar refractivity (Wildman–Crippen MR) is 132 cm³/mol. The molecule has 0 aliphatic carbocycles. The SMILES string of the molecule is COC(=O)[C@@H]1C(=O)NC(SCC(=O)Nc2ccccc2C(F)(F)F)=C(C#N)[C@@H]1c1ccc(OC)c(Br)c1. The molecule has 1 heterocycles. The molecule has 1 aliphatic heterocycles. The van der Waals surface area contributed by atoms with E-state index in [1.807, 2.05) is 6.07 Å². The van der Waals surface area contributed by atoms with Gasteiger partial charge in [0.05, 0.1) is 52.4 Å². The van der Waals surface area contributed by atoms with E-state index in [4.69, 9.17) is 9.47 Å². The number of esters is 1. The van der Waals surface area contributed by atoms with Gasteiger partial charge in [0.15, 0.2) is 0 Å². The van der Waals surface area contributed by atoms with Crippen LogP contribution in [-0.4, -0.2) is 37.8 Å². The number of amides is 2. The number of nitriles is 1. The number of ether oxygens (including phenoxy) is 2. The Balaban J connectivity index is 1.93. The lowest BCUT2D eigenvalue weighted by Crippen LogP contribution is -2.44. The van der Waals surface area contributed by atoms with Crippen LogP contribution in [-0.2, 0) is 25.3 Å². The molecule has 0 spiro atoms. The fourth-order valence-corrected chi connectivity index (χ4v) is 5.13. The summed E-state index contributed by atoms with van der Waals surface area (Å²) in [5, 5.41) is 14.6. The third kappa shape index (κ3) is 6.26. The number of alkyl halides is 3. The summed E-state index contributed by atoms with van der Waals surface area (Å²) < 4.78 is 50.2. The predicted octanol–water partition coefficient (Wildman–Crippen LogP) is 4.59. The molecule has 2 aromatic carbocycles. The van der Waals surface area contributed by atoms with Gasteiger partial charge in [0, 0.05) is 5.92 Å². The van der Waals surface area contributed by atoms with Crippen LogP contribution in [0.4, 0.5) is 18.9 Å². The van der Waals surface area contributed by atoms with E-state index in [9.17, 15) is 32.8 Å². The van der Waals surface area contributed by atoms with Crippen molar-refractivity contribution in [1.82, 2.24) is 5.32 Å². The highest BCUT2D eigenvalue weighted by Crippen LogP contribution is 2.42. The van der Waals surface area contributed by atoms with E-state index >= 15 is 0 Å². The van der Waals surface area contributed by atoms with E-state index < -0.39 is 52.8 Å². The molecule has 0 radical (unpaired) electrons. The Morgan fingerprint density at radius 1 is 1.22 bits per heavy atom. The molecule has 194 valence electrons. The molecule has 37 heavy (non-hydrogen) atoms. The second-order valence-electron chi connectivity index (χ2n) is 7.60. The lowest BCUT2D eigenvalue weighted by Gasteiger charge is -2.31. The standard InChI is InChI=1S/C24H19BrF3N3O5S/c1-35-17-8-7-12(9-15(17)25)19-13(10-29)22(31-21(33)20(19)23(34)36-2)37-11-18(32)30-16-6-4-3-5-14(16)24(26,27)28/h3-9,19-20H,11H2,1-2H3,(H,30,32)(H,31,33)/t19-,20-/m0/s1. The van der Waals surface area contributed by atoms with Crippen LogP contribution in [0, 0.1) is 17.2 Å². The molecular weight excluding hydrogens is 579 g/mol. The number of nitrogens with one attached hydrogen (secondary N) is 2. The number of allylic oxidation sites excluding steroid dienone is 1. The van der Waals surface area contributed by atoms with Crippen molar-refractivity contribution in [1.29, 1.82) is 5.26 Å². The van der Waals surface area contributed by atoms with E-state index in [-0.39, 0.29) is 10.6 Å². The van der Waals surface area contributed by atoms with Crippen molar-refractivity contribution < 1.29 is 37.0 Å². The second-order valence-corrected chi connectivity index (χ2v) is 9.44. The van der Waals surface area contributed by atoms with E-state index in [1.165, 1.54) is 19.2 Å². The first-order chi connectivity index (χ1) is 17.5. The summed E-state index contributed by atoms with van der Waals surface area (Å²) in [6, 6.07) is 11.3. The Morgan fingerprint density at radius 3 is 2.51 bits per heavy atom. The molecule has 3 rings (SSSR count). The maximum atomic E-state index is 13.2. The Hall–Kier alpha value is -3.50. The minimum atomic E-state index is -4.67. The van der Waals surface area contributed by atoms with Gasteiger partial charge in [-0.3, -0.25) is 14.4 Å². The highest BCUT2D eigenvalue weighted by Gasteiger charge is 2.44. The van der Waals surface area contributed by atoms with Crippen LogP contribution < -0.4 is 15.4 Å². The van der Waals surface area contributed by atoms with Crippen LogP contribution in [0.2, 0.25) is 0 Å². The van der Waals surface area contributed by atoms with Gasteiger partial charge in [0.1, 0.15) is 11.7 Å². The van der Waals surface area contributed by atoms with Gasteiger partial charge in [-0.15, -0.1) is 0 Å². The van der Waals surface area contributed by atoms with Gasteiger partial charge in [0.25, 0.3) is 0 Å². The number of thioether (sulfide) groups is 1. The molecule has 2 atom stereocenters. The summed E-state index contributed by atoms with van der Waals surface area (Å²) in [7, 11) is 2.57. The zero-order valence-corrected chi connectivity index (χ0v) is 21.7.